The first-order valence-corrected chi connectivity index (χ1v) is 7.30. The molecule has 0 saturated heterocycles. The van der Waals surface area contributed by atoms with E-state index in [1.807, 2.05) is 30.3 Å². The Balaban J connectivity index is 1.70. The molecule has 0 radical (unpaired) electrons. The molecule has 1 atom stereocenters. The van der Waals surface area contributed by atoms with Crippen LogP contribution in [-0.4, -0.2) is 13.2 Å². The van der Waals surface area contributed by atoms with E-state index in [0.717, 1.165) is 35.7 Å². The van der Waals surface area contributed by atoms with Gasteiger partial charge in [0.05, 0.1) is 7.11 Å². The Bertz CT molecular complexity index is 594. The molecule has 0 bridgehead atoms. The van der Waals surface area contributed by atoms with Gasteiger partial charge in [-0.1, -0.05) is 17.7 Å². The molecule has 104 valence electrons. The first kappa shape index (κ1) is 13.3. The first-order valence-electron chi connectivity index (χ1n) is 6.92. The van der Waals surface area contributed by atoms with E-state index in [4.69, 9.17) is 16.3 Å². The van der Waals surface area contributed by atoms with Crippen LogP contribution < -0.4 is 10.1 Å². The van der Waals surface area contributed by atoms with Crippen molar-refractivity contribution in [2.45, 2.75) is 25.3 Å². The van der Waals surface area contributed by atoms with Gasteiger partial charge in [0.15, 0.2) is 0 Å². The topological polar surface area (TPSA) is 21.3 Å². The summed E-state index contributed by atoms with van der Waals surface area (Å²) in [5.74, 6) is 0.952. The number of benzene rings is 2. The smallest absolute Gasteiger partial charge is 0.119 e. The van der Waals surface area contributed by atoms with Crippen LogP contribution in [0.15, 0.2) is 42.5 Å². The molecule has 3 heteroatoms. The number of aryl methyl sites for hydroxylation is 1. The second-order valence-electron chi connectivity index (χ2n) is 5.23. The summed E-state index contributed by atoms with van der Waals surface area (Å²) in [5.41, 5.74) is 3.97. The maximum absolute atomic E-state index is 5.91. The molecule has 1 unspecified atom stereocenters. The minimum Gasteiger partial charge on any atom is -0.497 e. The molecule has 2 aromatic carbocycles. The van der Waals surface area contributed by atoms with Gasteiger partial charge >= 0.3 is 0 Å². The van der Waals surface area contributed by atoms with E-state index in [-0.39, 0.29) is 0 Å². The standard InChI is InChI=1S/C17H18ClNO/c1-20-17-9-3-12-10-16(6-2-13(12)11-17)19-15-7-4-14(18)5-8-15/h3-5,7-9,11,16,19H,2,6,10H2,1H3. The number of anilines is 1. The van der Waals surface area contributed by atoms with E-state index < -0.39 is 0 Å². The predicted octanol–water partition coefficient (Wildman–Crippen LogP) is 4.32. The van der Waals surface area contributed by atoms with Crippen LogP contribution in [0.3, 0.4) is 0 Å². The van der Waals surface area contributed by atoms with Crippen molar-refractivity contribution in [2.75, 3.05) is 12.4 Å². The maximum Gasteiger partial charge on any atom is 0.119 e. The van der Waals surface area contributed by atoms with E-state index in [0.29, 0.717) is 6.04 Å². The molecule has 0 fully saturated rings. The highest BCUT2D eigenvalue weighted by molar-refractivity contribution is 6.30. The van der Waals surface area contributed by atoms with Crippen LogP contribution in [0.1, 0.15) is 17.5 Å². The summed E-state index contributed by atoms with van der Waals surface area (Å²) in [4.78, 5) is 0. The molecular weight excluding hydrogens is 270 g/mol. The molecule has 0 aromatic heterocycles. The average Bonchev–Trinajstić information content (AvgIpc) is 2.49. The Hall–Kier alpha value is -1.67. The molecular formula is C17H18ClNO. The summed E-state index contributed by atoms with van der Waals surface area (Å²) >= 11 is 5.91. The SMILES string of the molecule is COc1ccc2c(c1)CCC(Nc1ccc(Cl)cc1)C2. The number of ether oxygens (including phenoxy) is 1. The Morgan fingerprint density at radius 1 is 1.10 bits per heavy atom. The lowest BCUT2D eigenvalue weighted by atomic mass is 9.88. The Morgan fingerprint density at radius 2 is 1.90 bits per heavy atom. The van der Waals surface area contributed by atoms with Crippen molar-refractivity contribution in [3.8, 4) is 5.75 Å². The van der Waals surface area contributed by atoms with Gasteiger partial charge in [0.2, 0.25) is 0 Å². The van der Waals surface area contributed by atoms with Gasteiger partial charge in [0.1, 0.15) is 5.75 Å². The molecule has 0 heterocycles. The second-order valence-corrected chi connectivity index (χ2v) is 5.66. The van der Waals surface area contributed by atoms with Crippen molar-refractivity contribution in [3.05, 3.63) is 58.6 Å². The van der Waals surface area contributed by atoms with Crippen LogP contribution >= 0.6 is 11.6 Å². The normalized spacial score (nSPS) is 17.4. The highest BCUT2D eigenvalue weighted by Crippen LogP contribution is 2.27. The van der Waals surface area contributed by atoms with Crippen molar-refractivity contribution in [3.63, 3.8) is 0 Å². The Morgan fingerprint density at radius 3 is 2.65 bits per heavy atom. The molecule has 1 N–H and O–H groups in total. The van der Waals surface area contributed by atoms with Crippen molar-refractivity contribution < 1.29 is 4.74 Å². The number of nitrogens with one attached hydrogen (secondary N) is 1. The fourth-order valence-electron chi connectivity index (χ4n) is 2.76. The zero-order valence-corrected chi connectivity index (χ0v) is 12.3. The molecule has 0 spiro atoms. The number of methoxy groups -OCH3 is 1. The van der Waals surface area contributed by atoms with Crippen LogP contribution in [0.2, 0.25) is 5.02 Å². The largest absolute Gasteiger partial charge is 0.497 e. The van der Waals surface area contributed by atoms with Crippen LogP contribution in [0.25, 0.3) is 0 Å². The molecule has 0 aliphatic heterocycles. The molecule has 2 aromatic rings. The molecule has 0 saturated carbocycles. The highest BCUT2D eigenvalue weighted by Gasteiger charge is 2.18. The third kappa shape index (κ3) is 2.91. The minimum atomic E-state index is 0.483. The number of halogens is 1. The summed E-state index contributed by atoms with van der Waals surface area (Å²) in [6.07, 6.45) is 3.29. The van der Waals surface area contributed by atoms with Gasteiger partial charge in [-0.05, 0) is 66.8 Å². The fourth-order valence-corrected chi connectivity index (χ4v) is 2.89. The highest BCUT2D eigenvalue weighted by atomic mass is 35.5. The summed E-state index contributed by atoms with van der Waals surface area (Å²) in [6, 6.07) is 14.8. The molecule has 1 aliphatic carbocycles. The Kier molecular flexibility index (Phi) is 3.83. The molecule has 3 rings (SSSR count). The van der Waals surface area contributed by atoms with E-state index in [1.54, 1.807) is 7.11 Å². The fraction of sp³-hybridized carbons (Fsp3) is 0.294. The van der Waals surface area contributed by atoms with Crippen molar-refractivity contribution >= 4 is 17.3 Å². The van der Waals surface area contributed by atoms with E-state index >= 15 is 0 Å². The first-order chi connectivity index (χ1) is 9.74. The maximum atomic E-state index is 5.91. The van der Waals surface area contributed by atoms with Crippen LogP contribution in [0.5, 0.6) is 5.75 Å². The van der Waals surface area contributed by atoms with Gasteiger partial charge in [-0.25, -0.2) is 0 Å². The van der Waals surface area contributed by atoms with E-state index in [2.05, 4.69) is 17.4 Å². The van der Waals surface area contributed by atoms with Gasteiger partial charge in [0.25, 0.3) is 0 Å². The van der Waals surface area contributed by atoms with Crippen LogP contribution in [-0.2, 0) is 12.8 Å². The minimum absolute atomic E-state index is 0.483. The second kappa shape index (κ2) is 5.76. The predicted molar refractivity (Wildman–Crippen MR) is 83.9 cm³/mol. The number of hydrogen-bond donors (Lipinski definition) is 1. The summed E-state index contributed by atoms with van der Waals surface area (Å²) < 4.78 is 5.29. The van der Waals surface area contributed by atoms with E-state index in [9.17, 15) is 0 Å². The monoisotopic (exact) mass is 287 g/mol. The number of rotatable bonds is 3. The van der Waals surface area contributed by atoms with Crippen molar-refractivity contribution in [1.82, 2.24) is 0 Å². The lowest BCUT2D eigenvalue weighted by Gasteiger charge is -2.26. The molecule has 1 aliphatic rings. The summed E-state index contributed by atoms with van der Waals surface area (Å²) in [7, 11) is 1.72. The van der Waals surface area contributed by atoms with E-state index in [1.165, 1.54) is 11.1 Å². The van der Waals surface area contributed by atoms with Gasteiger partial charge < -0.3 is 10.1 Å². The lowest BCUT2D eigenvalue weighted by molar-refractivity contribution is 0.413. The van der Waals surface area contributed by atoms with Gasteiger partial charge in [-0.2, -0.15) is 0 Å². The van der Waals surface area contributed by atoms with Gasteiger partial charge in [-0.15, -0.1) is 0 Å². The average molecular weight is 288 g/mol. The third-order valence-electron chi connectivity index (χ3n) is 3.86. The van der Waals surface area contributed by atoms with Crippen LogP contribution in [0, 0.1) is 0 Å². The zero-order valence-electron chi connectivity index (χ0n) is 11.5. The summed E-state index contributed by atoms with van der Waals surface area (Å²) in [6.45, 7) is 0. The number of fused-ring (bicyclic) bond motifs is 1. The number of hydrogen-bond acceptors (Lipinski definition) is 2. The lowest BCUT2D eigenvalue weighted by Crippen LogP contribution is -2.27. The zero-order chi connectivity index (χ0) is 13.9. The molecule has 2 nitrogen and oxygen atoms in total. The summed E-state index contributed by atoms with van der Waals surface area (Å²) in [5, 5.41) is 4.36. The van der Waals surface area contributed by atoms with Crippen LogP contribution in [0.4, 0.5) is 5.69 Å². The Labute approximate surface area is 124 Å². The quantitative estimate of drug-likeness (QED) is 0.908. The van der Waals surface area contributed by atoms with Crippen molar-refractivity contribution in [1.29, 1.82) is 0 Å². The van der Waals surface area contributed by atoms with Crippen molar-refractivity contribution in [2.24, 2.45) is 0 Å². The third-order valence-corrected chi connectivity index (χ3v) is 4.11. The molecule has 0 amide bonds. The van der Waals surface area contributed by atoms with Gasteiger partial charge in [0, 0.05) is 16.8 Å². The van der Waals surface area contributed by atoms with Gasteiger partial charge in [-0.3, -0.25) is 0 Å². The molecule has 20 heavy (non-hydrogen) atoms.